The van der Waals surface area contributed by atoms with Gasteiger partial charge >= 0.3 is 5.97 Å². The van der Waals surface area contributed by atoms with E-state index in [-0.39, 0.29) is 36.2 Å². The highest BCUT2D eigenvalue weighted by Gasteiger charge is 2.83. The average Bonchev–Trinajstić information content (AvgIpc) is 2.99. The Morgan fingerprint density at radius 3 is 2.50 bits per heavy atom. The van der Waals surface area contributed by atoms with Gasteiger partial charge in [-0.2, -0.15) is 0 Å². The summed E-state index contributed by atoms with van der Waals surface area (Å²) in [5.41, 5.74) is -2.63. The van der Waals surface area contributed by atoms with Gasteiger partial charge in [-0.3, -0.25) is 4.79 Å². The predicted octanol–water partition coefficient (Wildman–Crippen LogP) is 1.32. The van der Waals surface area contributed by atoms with Gasteiger partial charge in [-0.05, 0) is 30.4 Å². The van der Waals surface area contributed by atoms with Crippen LogP contribution in [0.5, 0.6) is 0 Å². The first kappa shape index (κ1) is 20.1. The molecular formula is C22H32O6. The second kappa shape index (κ2) is 5.69. The van der Waals surface area contributed by atoms with Crippen molar-refractivity contribution in [3.05, 3.63) is 23.3 Å². The van der Waals surface area contributed by atoms with Crippen LogP contribution >= 0.6 is 0 Å². The maximum atomic E-state index is 12.1. The molecule has 6 nitrogen and oxygen atoms in total. The molecule has 0 aromatic rings. The summed E-state index contributed by atoms with van der Waals surface area (Å²) < 4.78 is 5.85. The zero-order valence-corrected chi connectivity index (χ0v) is 17.3. The van der Waals surface area contributed by atoms with Gasteiger partial charge < -0.3 is 25.2 Å². The van der Waals surface area contributed by atoms with Crippen molar-refractivity contribution in [1.82, 2.24) is 0 Å². The number of esters is 1. The standard InChI is InChI=1S/C22H32O6/c1-11-6-16-20(26,18(11)25)9-14(10-23)7-15-17-19(4,5)21(17,28-13(3)24)8-12(2)22(15,16)27/h6-7,12,15-18,23,25-27H,8-10H2,1-5H3/t12-,15+,16?,17+,18?,20-,21+,22-/m1/s1. The number of carbonyl (C=O) groups is 1. The van der Waals surface area contributed by atoms with Crippen LogP contribution in [-0.4, -0.2) is 55.9 Å². The molecule has 0 aliphatic heterocycles. The molecule has 0 heterocycles. The minimum atomic E-state index is -1.56. The lowest BCUT2D eigenvalue weighted by molar-refractivity contribution is -0.196. The molecular weight excluding hydrogens is 360 g/mol. The normalized spacial score (nSPS) is 51.1. The van der Waals surface area contributed by atoms with Gasteiger partial charge in [-0.1, -0.05) is 32.9 Å². The van der Waals surface area contributed by atoms with E-state index < -0.39 is 34.7 Å². The molecule has 0 aromatic carbocycles. The van der Waals surface area contributed by atoms with Gasteiger partial charge in [-0.25, -0.2) is 0 Å². The minimum absolute atomic E-state index is 0.0996. The third-order valence-electron chi connectivity index (χ3n) is 8.40. The summed E-state index contributed by atoms with van der Waals surface area (Å²) in [6, 6.07) is 0. The lowest BCUT2D eigenvalue weighted by Crippen LogP contribution is -2.61. The van der Waals surface area contributed by atoms with Crippen molar-refractivity contribution in [1.29, 1.82) is 0 Å². The van der Waals surface area contributed by atoms with E-state index in [1.165, 1.54) is 6.92 Å². The number of ether oxygens (including phenoxy) is 1. The van der Waals surface area contributed by atoms with Gasteiger partial charge in [0.2, 0.25) is 0 Å². The molecule has 156 valence electrons. The molecule has 2 unspecified atom stereocenters. The molecule has 0 bridgehead atoms. The second-order valence-corrected chi connectivity index (χ2v) is 10.1. The highest BCUT2D eigenvalue weighted by molar-refractivity contribution is 5.67. The van der Waals surface area contributed by atoms with Crippen LogP contribution in [0, 0.1) is 29.1 Å². The van der Waals surface area contributed by atoms with Crippen molar-refractivity contribution in [2.75, 3.05) is 6.61 Å². The molecule has 0 radical (unpaired) electrons. The molecule has 2 saturated carbocycles. The van der Waals surface area contributed by atoms with Crippen molar-refractivity contribution in [2.45, 2.75) is 70.4 Å². The molecule has 4 aliphatic rings. The summed E-state index contributed by atoms with van der Waals surface area (Å²) in [5.74, 6) is -1.81. The molecule has 0 saturated heterocycles. The van der Waals surface area contributed by atoms with Crippen LogP contribution in [0.1, 0.15) is 47.5 Å². The first-order chi connectivity index (χ1) is 12.9. The van der Waals surface area contributed by atoms with E-state index in [1.807, 2.05) is 26.8 Å². The van der Waals surface area contributed by atoms with Gasteiger partial charge in [0.05, 0.1) is 12.2 Å². The van der Waals surface area contributed by atoms with E-state index in [0.717, 1.165) is 0 Å². The summed E-state index contributed by atoms with van der Waals surface area (Å²) in [4.78, 5) is 11.9. The Kier molecular flexibility index (Phi) is 4.08. The lowest BCUT2D eigenvalue weighted by atomic mass is 9.60. The highest BCUT2D eigenvalue weighted by atomic mass is 16.6. The van der Waals surface area contributed by atoms with Gasteiger partial charge in [0, 0.05) is 36.5 Å². The summed E-state index contributed by atoms with van der Waals surface area (Å²) in [6.45, 7) is 8.94. The Morgan fingerprint density at radius 1 is 1.29 bits per heavy atom. The van der Waals surface area contributed by atoms with Gasteiger partial charge in [0.25, 0.3) is 0 Å². The van der Waals surface area contributed by atoms with Crippen LogP contribution in [0.4, 0.5) is 0 Å². The van der Waals surface area contributed by atoms with E-state index in [9.17, 15) is 25.2 Å². The average molecular weight is 392 g/mol. The van der Waals surface area contributed by atoms with Crippen LogP contribution in [-0.2, 0) is 9.53 Å². The highest BCUT2D eigenvalue weighted by Crippen LogP contribution is 2.76. The molecule has 0 aromatic heterocycles. The molecule has 6 heteroatoms. The maximum absolute atomic E-state index is 12.1. The van der Waals surface area contributed by atoms with E-state index in [2.05, 4.69) is 0 Å². The summed E-state index contributed by atoms with van der Waals surface area (Å²) in [5, 5.41) is 44.3. The summed E-state index contributed by atoms with van der Waals surface area (Å²) in [6.07, 6.45) is 3.18. The fourth-order valence-corrected chi connectivity index (χ4v) is 7.02. The lowest BCUT2D eigenvalue weighted by Gasteiger charge is -2.51. The Bertz CT molecular complexity index is 784. The number of rotatable bonds is 2. The molecule has 2 fully saturated rings. The number of aliphatic hydroxyl groups excluding tert-OH is 2. The SMILES string of the molecule is CC(=O)O[C@@]12C[C@@H](C)[C@]3(O)C4C=C(C)C(O)[C@@]4(O)CC(CO)=C[C@H]3[C@H]1C2(C)C. The first-order valence-corrected chi connectivity index (χ1v) is 10.2. The van der Waals surface area contributed by atoms with Crippen LogP contribution in [0.25, 0.3) is 0 Å². The summed E-state index contributed by atoms with van der Waals surface area (Å²) >= 11 is 0. The number of hydrogen-bond acceptors (Lipinski definition) is 6. The van der Waals surface area contributed by atoms with E-state index in [0.29, 0.717) is 17.6 Å². The van der Waals surface area contributed by atoms with Crippen molar-refractivity contribution in [2.24, 2.45) is 29.1 Å². The first-order valence-electron chi connectivity index (χ1n) is 10.2. The zero-order valence-electron chi connectivity index (χ0n) is 17.3. The van der Waals surface area contributed by atoms with E-state index in [4.69, 9.17) is 4.74 Å². The fraction of sp³-hybridized carbons (Fsp3) is 0.773. The van der Waals surface area contributed by atoms with Crippen molar-refractivity contribution < 1.29 is 30.0 Å². The van der Waals surface area contributed by atoms with Crippen LogP contribution in [0.15, 0.2) is 23.3 Å². The summed E-state index contributed by atoms with van der Waals surface area (Å²) in [7, 11) is 0. The monoisotopic (exact) mass is 392 g/mol. The van der Waals surface area contributed by atoms with Gasteiger partial charge in [-0.15, -0.1) is 0 Å². The third kappa shape index (κ3) is 2.15. The number of carbonyl (C=O) groups excluding carboxylic acids is 1. The Hall–Kier alpha value is -1.21. The van der Waals surface area contributed by atoms with Crippen molar-refractivity contribution >= 4 is 5.97 Å². The molecule has 8 atom stereocenters. The quantitative estimate of drug-likeness (QED) is 0.417. The minimum Gasteiger partial charge on any atom is -0.458 e. The van der Waals surface area contributed by atoms with Gasteiger partial charge in [0.1, 0.15) is 17.3 Å². The van der Waals surface area contributed by atoms with Gasteiger partial charge in [0.15, 0.2) is 0 Å². The topological polar surface area (TPSA) is 107 Å². The molecule has 0 spiro atoms. The van der Waals surface area contributed by atoms with Crippen LogP contribution < -0.4 is 0 Å². The van der Waals surface area contributed by atoms with Crippen LogP contribution in [0.3, 0.4) is 0 Å². The zero-order chi connectivity index (χ0) is 20.9. The molecule has 4 rings (SSSR count). The van der Waals surface area contributed by atoms with Crippen LogP contribution in [0.2, 0.25) is 0 Å². The predicted molar refractivity (Wildman–Crippen MR) is 102 cm³/mol. The number of fused-ring (bicyclic) bond motifs is 5. The maximum Gasteiger partial charge on any atom is 0.303 e. The Morgan fingerprint density at radius 2 is 1.93 bits per heavy atom. The van der Waals surface area contributed by atoms with Crippen molar-refractivity contribution in [3.63, 3.8) is 0 Å². The number of hydrogen-bond donors (Lipinski definition) is 4. The molecule has 4 N–H and O–H groups in total. The van der Waals surface area contributed by atoms with Crippen molar-refractivity contribution in [3.8, 4) is 0 Å². The molecule has 28 heavy (non-hydrogen) atoms. The second-order valence-electron chi connectivity index (χ2n) is 10.1. The Labute approximate surface area is 165 Å². The largest absolute Gasteiger partial charge is 0.458 e. The molecule has 4 aliphatic carbocycles. The van der Waals surface area contributed by atoms with E-state index in [1.54, 1.807) is 13.0 Å². The van der Waals surface area contributed by atoms with E-state index >= 15 is 0 Å². The number of aliphatic hydroxyl groups is 4. The molecule has 0 amide bonds. The smallest absolute Gasteiger partial charge is 0.303 e. The Balaban J connectivity index is 1.89. The fourth-order valence-electron chi connectivity index (χ4n) is 7.02. The third-order valence-corrected chi connectivity index (χ3v) is 8.40.